The minimum atomic E-state index is 0.297. The lowest BCUT2D eigenvalue weighted by Gasteiger charge is -2.14. The molecule has 0 bridgehead atoms. The fraction of sp³-hybridized carbons (Fsp3) is 0.105. The van der Waals surface area contributed by atoms with Crippen LogP contribution < -0.4 is 15.2 Å². The summed E-state index contributed by atoms with van der Waals surface area (Å²) in [5, 5.41) is 3.08. The number of benzene rings is 3. The largest absolute Gasteiger partial charge is 0.489 e. The van der Waals surface area contributed by atoms with E-state index in [1.807, 2.05) is 36.4 Å². The molecule has 0 aliphatic rings. The first kappa shape index (κ1) is 17.8. The monoisotopic (exact) mass is 391 g/mol. The zero-order valence-corrected chi connectivity index (χ0v) is 15.5. The second-order valence-corrected chi connectivity index (χ2v) is 6.58. The predicted octanol–water partition coefficient (Wildman–Crippen LogP) is 5.24. The highest BCUT2D eigenvalue weighted by Gasteiger charge is 2.11. The molecule has 0 fully saturated rings. The van der Waals surface area contributed by atoms with Gasteiger partial charge >= 0.3 is 0 Å². The Morgan fingerprint density at radius 3 is 2.40 bits per heavy atom. The molecule has 0 unspecified atom stereocenters. The molecule has 0 spiro atoms. The van der Waals surface area contributed by atoms with Gasteiger partial charge < -0.3 is 15.2 Å². The van der Waals surface area contributed by atoms with E-state index in [2.05, 4.69) is 0 Å². The van der Waals surface area contributed by atoms with Crippen molar-refractivity contribution in [1.82, 2.24) is 0 Å². The van der Waals surface area contributed by atoms with Gasteiger partial charge in [0.2, 0.25) is 0 Å². The van der Waals surface area contributed by atoms with Crippen molar-refractivity contribution in [3.05, 3.63) is 70.2 Å². The SMILES string of the molecule is NC(=S)c1c(OCCOc2cc(Cl)ccc2Cl)ccc2ccccc12. The van der Waals surface area contributed by atoms with Gasteiger partial charge in [-0.2, -0.15) is 0 Å². The van der Waals surface area contributed by atoms with E-state index in [4.69, 9.17) is 50.6 Å². The van der Waals surface area contributed by atoms with Crippen LogP contribution >= 0.6 is 35.4 Å². The van der Waals surface area contributed by atoms with E-state index in [1.54, 1.807) is 18.2 Å². The Hall–Kier alpha value is -2.01. The second kappa shape index (κ2) is 7.91. The third kappa shape index (κ3) is 4.15. The van der Waals surface area contributed by atoms with Crippen LogP contribution in [0.25, 0.3) is 10.8 Å². The van der Waals surface area contributed by atoms with Gasteiger partial charge in [-0.3, -0.25) is 0 Å². The van der Waals surface area contributed by atoms with Crippen molar-refractivity contribution < 1.29 is 9.47 Å². The lowest BCUT2D eigenvalue weighted by atomic mass is 10.0. The number of hydrogen-bond acceptors (Lipinski definition) is 3. The molecular formula is C19H15Cl2NO2S. The van der Waals surface area contributed by atoms with Crippen molar-refractivity contribution in [3.63, 3.8) is 0 Å². The number of thiocarbonyl (C=S) groups is 1. The number of ether oxygens (including phenoxy) is 2. The van der Waals surface area contributed by atoms with Crippen molar-refractivity contribution in [1.29, 1.82) is 0 Å². The Bertz CT molecular complexity index is 930. The zero-order valence-electron chi connectivity index (χ0n) is 13.2. The highest BCUT2D eigenvalue weighted by Crippen LogP contribution is 2.29. The number of halogens is 2. The summed E-state index contributed by atoms with van der Waals surface area (Å²) in [4.78, 5) is 0.297. The van der Waals surface area contributed by atoms with E-state index < -0.39 is 0 Å². The summed E-state index contributed by atoms with van der Waals surface area (Å²) in [7, 11) is 0. The van der Waals surface area contributed by atoms with Crippen molar-refractivity contribution in [3.8, 4) is 11.5 Å². The highest BCUT2D eigenvalue weighted by molar-refractivity contribution is 7.80. The molecule has 0 amide bonds. The van der Waals surface area contributed by atoms with E-state index in [0.717, 1.165) is 16.3 Å². The number of hydrogen-bond donors (Lipinski definition) is 1. The molecule has 25 heavy (non-hydrogen) atoms. The molecule has 3 aromatic rings. The van der Waals surface area contributed by atoms with E-state index in [-0.39, 0.29) is 0 Å². The summed E-state index contributed by atoms with van der Waals surface area (Å²) in [6.07, 6.45) is 0. The molecule has 0 heterocycles. The van der Waals surface area contributed by atoms with E-state index >= 15 is 0 Å². The van der Waals surface area contributed by atoms with E-state index in [0.29, 0.717) is 39.7 Å². The van der Waals surface area contributed by atoms with Crippen LogP contribution in [0.3, 0.4) is 0 Å². The Morgan fingerprint density at radius 2 is 1.64 bits per heavy atom. The third-order valence-electron chi connectivity index (χ3n) is 3.63. The predicted molar refractivity (Wildman–Crippen MR) is 107 cm³/mol. The third-order valence-corrected chi connectivity index (χ3v) is 4.38. The van der Waals surface area contributed by atoms with Crippen LogP contribution in [-0.4, -0.2) is 18.2 Å². The quantitative estimate of drug-likeness (QED) is 0.460. The maximum absolute atomic E-state index is 6.07. The van der Waals surface area contributed by atoms with Crippen molar-refractivity contribution in [2.24, 2.45) is 5.73 Å². The lowest BCUT2D eigenvalue weighted by Crippen LogP contribution is -2.15. The van der Waals surface area contributed by atoms with Gasteiger partial charge in [0.25, 0.3) is 0 Å². The van der Waals surface area contributed by atoms with E-state index in [1.165, 1.54) is 0 Å². The first-order valence-corrected chi connectivity index (χ1v) is 8.75. The molecule has 0 saturated heterocycles. The van der Waals surface area contributed by atoms with Gasteiger partial charge in [0, 0.05) is 11.1 Å². The zero-order chi connectivity index (χ0) is 17.8. The van der Waals surface area contributed by atoms with Crippen LogP contribution in [0.5, 0.6) is 11.5 Å². The first-order valence-electron chi connectivity index (χ1n) is 7.58. The second-order valence-electron chi connectivity index (χ2n) is 5.30. The summed E-state index contributed by atoms with van der Waals surface area (Å²) < 4.78 is 11.5. The van der Waals surface area contributed by atoms with Gasteiger partial charge in [0.05, 0.1) is 10.6 Å². The standard InChI is InChI=1S/C19H15Cl2NO2S/c20-13-6-7-15(21)17(11-13)24-10-9-23-16-8-5-12-3-1-2-4-14(12)18(16)19(22)25/h1-8,11H,9-10H2,(H2,22,25). The van der Waals surface area contributed by atoms with Crippen molar-refractivity contribution >= 4 is 51.2 Å². The van der Waals surface area contributed by atoms with Crippen LogP contribution in [0.4, 0.5) is 0 Å². The summed E-state index contributed by atoms with van der Waals surface area (Å²) in [6, 6.07) is 16.8. The molecule has 3 rings (SSSR count). The Labute approximate surface area is 161 Å². The molecule has 0 saturated carbocycles. The summed E-state index contributed by atoms with van der Waals surface area (Å²) >= 11 is 17.2. The smallest absolute Gasteiger partial charge is 0.139 e. The van der Waals surface area contributed by atoms with Gasteiger partial charge in [-0.1, -0.05) is 65.8 Å². The van der Waals surface area contributed by atoms with Crippen LogP contribution in [0.15, 0.2) is 54.6 Å². The van der Waals surface area contributed by atoms with Gasteiger partial charge in [-0.25, -0.2) is 0 Å². The first-order chi connectivity index (χ1) is 12.1. The van der Waals surface area contributed by atoms with Crippen molar-refractivity contribution in [2.75, 3.05) is 13.2 Å². The number of nitrogens with two attached hydrogens (primary N) is 1. The Kier molecular flexibility index (Phi) is 5.63. The Balaban J connectivity index is 1.72. The van der Waals surface area contributed by atoms with E-state index in [9.17, 15) is 0 Å². The number of fused-ring (bicyclic) bond motifs is 1. The summed E-state index contributed by atoms with van der Waals surface area (Å²) in [5.41, 5.74) is 6.63. The van der Waals surface area contributed by atoms with Crippen LogP contribution in [0.2, 0.25) is 10.0 Å². The topological polar surface area (TPSA) is 44.5 Å². The molecule has 0 radical (unpaired) electrons. The molecule has 0 aliphatic carbocycles. The van der Waals surface area contributed by atoms with Crippen molar-refractivity contribution in [2.45, 2.75) is 0 Å². The fourth-order valence-electron chi connectivity index (χ4n) is 2.52. The highest BCUT2D eigenvalue weighted by atomic mass is 35.5. The summed E-state index contributed by atoms with van der Waals surface area (Å²) in [5.74, 6) is 1.15. The van der Waals surface area contributed by atoms with Crippen LogP contribution in [0, 0.1) is 0 Å². The maximum atomic E-state index is 6.07. The normalized spacial score (nSPS) is 10.6. The minimum Gasteiger partial charge on any atom is -0.489 e. The summed E-state index contributed by atoms with van der Waals surface area (Å²) in [6.45, 7) is 0.625. The van der Waals surface area contributed by atoms with Crippen LogP contribution in [-0.2, 0) is 0 Å². The molecule has 2 N–H and O–H groups in total. The Morgan fingerprint density at radius 1 is 0.920 bits per heavy atom. The average Bonchev–Trinajstić information content (AvgIpc) is 2.60. The van der Waals surface area contributed by atoms with Gasteiger partial charge in [-0.15, -0.1) is 0 Å². The average molecular weight is 392 g/mol. The molecule has 128 valence electrons. The molecule has 3 aromatic carbocycles. The van der Waals surface area contributed by atoms with Crippen LogP contribution in [0.1, 0.15) is 5.56 Å². The molecular weight excluding hydrogens is 377 g/mol. The molecule has 6 heteroatoms. The molecule has 0 aliphatic heterocycles. The number of rotatable bonds is 6. The maximum Gasteiger partial charge on any atom is 0.139 e. The lowest BCUT2D eigenvalue weighted by molar-refractivity contribution is 0.217. The fourth-order valence-corrected chi connectivity index (χ4v) is 3.06. The molecule has 3 nitrogen and oxygen atoms in total. The molecule has 0 atom stereocenters. The van der Waals surface area contributed by atoms with Gasteiger partial charge in [-0.05, 0) is 29.0 Å². The van der Waals surface area contributed by atoms with Gasteiger partial charge in [0.15, 0.2) is 0 Å². The molecule has 0 aromatic heterocycles. The minimum absolute atomic E-state index is 0.297. The van der Waals surface area contributed by atoms with Gasteiger partial charge in [0.1, 0.15) is 29.7 Å².